The standard InChI is InChI=1S/C15H24N2O/c1-3-14-8-7-12(2)17(14)9-10-18-15-6-4-5-13(16)11-15/h4-6,11-12,14H,3,7-10,16H2,1-2H3. The van der Waals surface area contributed by atoms with Crippen molar-refractivity contribution < 1.29 is 4.74 Å². The van der Waals surface area contributed by atoms with Crippen LogP contribution in [0, 0.1) is 0 Å². The van der Waals surface area contributed by atoms with Crippen LogP contribution in [0.2, 0.25) is 0 Å². The highest BCUT2D eigenvalue weighted by atomic mass is 16.5. The van der Waals surface area contributed by atoms with E-state index in [9.17, 15) is 0 Å². The lowest BCUT2D eigenvalue weighted by atomic mass is 10.2. The second-order valence-electron chi connectivity index (χ2n) is 5.15. The second-order valence-corrected chi connectivity index (χ2v) is 5.15. The van der Waals surface area contributed by atoms with Gasteiger partial charge in [0.05, 0.1) is 0 Å². The van der Waals surface area contributed by atoms with Crippen LogP contribution in [-0.4, -0.2) is 30.1 Å². The Kier molecular flexibility index (Phi) is 4.48. The number of rotatable bonds is 5. The number of hydrogen-bond acceptors (Lipinski definition) is 3. The van der Waals surface area contributed by atoms with E-state index in [1.165, 1.54) is 19.3 Å². The first-order valence-electron chi connectivity index (χ1n) is 6.94. The fraction of sp³-hybridized carbons (Fsp3) is 0.600. The maximum absolute atomic E-state index is 5.77. The van der Waals surface area contributed by atoms with Gasteiger partial charge in [0.1, 0.15) is 12.4 Å². The van der Waals surface area contributed by atoms with Gasteiger partial charge in [-0.1, -0.05) is 13.0 Å². The van der Waals surface area contributed by atoms with E-state index in [2.05, 4.69) is 18.7 Å². The Bertz CT molecular complexity index is 381. The molecule has 18 heavy (non-hydrogen) atoms. The largest absolute Gasteiger partial charge is 0.492 e. The van der Waals surface area contributed by atoms with E-state index in [4.69, 9.17) is 10.5 Å². The minimum absolute atomic E-state index is 0.694. The third-order valence-electron chi connectivity index (χ3n) is 3.90. The lowest BCUT2D eigenvalue weighted by Crippen LogP contribution is -2.37. The molecule has 1 aromatic carbocycles. The summed E-state index contributed by atoms with van der Waals surface area (Å²) in [5, 5.41) is 0. The van der Waals surface area contributed by atoms with Crippen LogP contribution in [0.3, 0.4) is 0 Å². The van der Waals surface area contributed by atoms with Gasteiger partial charge in [0, 0.05) is 30.4 Å². The molecule has 0 saturated carbocycles. The van der Waals surface area contributed by atoms with Gasteiger partial charge >= 0.3 is 0 Å². The number of hydrogen-bond donors (Lipinski definition) is 1. The normalized spacial score (nSPS) is 24.3. The molecule has 2 unspecified atom stereocenters. The number of ether oxygens (including phenoxy) is 1. The molecule has 2 N–H and O–H groups in total. The molecule has 3 heteroatoms. The summed E-state index contributed by atoms with van der Waals surface area (Å²) in [7, 11) is 0. The molecule has 0 aromatic heterocycles. The Balaban J connectivity index is 1.81. The van der Waals surface area contributed by atoms with Gasteiger partial charge in [-0.25, -0.2) is 0 Å². The van der Waals surface area contributed by atoms with E-state index < -0.39 is 0 Å². The molecular formula is C15H24N2O. The van der Waals surface area contributed by atoms with Crippen molar-refractivity contribution in [3.8, 4) is 5.75 Å². The molecule has 1 aliphatic rings. The topological polar surface area (TPSA) is 38.5 Å². The van der Waals surface area contributed by atoms with Crippen LogP contribution in [-0.2, 0) is 0 Å². The molecule has 0 bridgehead atoms. The Morgan fingerprint density at radius 3 is 2.94 bits per heavy atom. The summed E-state index contributed by atoms with van der Waals surface area (Å²) in [5.41, 5.74) is 6.49. The van der Waals surface area contributed by atoms with Crippen molar-refractivity contribution in [3.05, 3.63) is 24.3 Å². The molecule has 1 aromatic rings. The minimum Gasteiger partial charge on any atom is -0.492 e. The van der Waals surface area contributed by atoms with Crippen molar-refractivity contribution in [2.24, 2.45) is 0 Å². The Morgan fingerprint density at radius 2 is 2.22 bits per heavy atom. The highest BCUT2D eigenvalue weighted by molar-refractivity contribution is 5.43. The SMILES string of the molecule is CCC1CCC(C)N1CCOc1cccc(N)c1. The van der Waals surface area contributed by atoms with Crippen molar-refractivity contribution >= 4 is 5.69 Å². The Morgan fingerprint density at radius 1 is 1.39 bits per heavy atom. The molecule has 2 atom stereocenters. The van der Waals surface area contributed by atoms with Crippen molar-refractivity contribution in [3.63, 3.8) is 0 Å². The van der Waals surface area contributed by atoms with Crippen LogP contribution in [0.4, 0.5) is 5.69 Å². The Labute approximate surface area is 110 Å². The minimum atomic E-state index is 0.694. The van der Waals surface area contributed by atoms with Crippen LogP contribution in [0.1, 0.15) is 33.1 Å². The molecule has 1 saturated heterocycles. The highest BCUT2D eigenvalue weighted by Gasteiger charge is 2.28. The quantitative estimate of drug-likeness (QED) is 0.814. The van der Waals surface area contributed by atoms with E-state index in [0.29, 0.717) is 6.04 Å². The summed E-state index contributed by atoms with van der Waals surface area (Å²) in [6.45, 7) is 6.34. The zero-order valence-corrected chi connectivity index (χ0v) is 11.4. The molecular weight excluding hydrogens is 224 g/mol. The maximum atomic E-state index is 5.77. The molecule has 100 valence electrons. The smallest absolute Gasteiger partial charge is 0.121 e. The van der Waals surface area contributed by atoms with E-state index >= 15 is 0 Å². The summed E-state index contributed by atoms with van der Waals surface area (Å²) in [5.74, 6) is 0.870. The zero-order valence-electron chi connectivity index (χ0n) is 11.4. The average molecular weight is 248 g/mol. The van der Waals surface area contributed by atoms with E-state index in [0.717, 1.165) is 30.6 Å². The van der Waals surface area contributed by atoms with Gasteiger partial charge in [-0.15, -0.1) is 0 Å². The molecule has 1 fully saturated rings. The van der Waals surface area contributed by atoms with Gasteiger partial charge in [-0.2, -0.15) is 0 Å². The fourth-order valence-electron chi connectivity index (χ4n) is 2.84. The van der Waals surface area contributed by atoms with Gasteiger partial charge in [-0.05, 0) is 38.3 Å². The number of nitrogens with zero attached hydrogens (tertiary/aromatic N) is 1. The van der Waals surface area contributed by atoms with E-state index in [1.807, 2.05) is 24.3 Å². The van der Waals surface area contributed by atoms with E-state index in [1.54, 1.807) is 0 Å². The fourth-order valence-corrected chi connectivity index (χ4v) is 2.84. The first-order valence-corrected chi connectivity index (χ1v) is 6.94. The van der Waals surface area contributed by atoms with Crippen LogP contribution < -0.4 is 10.5 Å². The van der Waals surface area contributed by atoms with Gasteiger partial charge < -0.3 is 10.5 Å². The number of nitrogens with two attached hydrogens (primary N) is 1. The molecule has 3 nitrogen and oxygen atoms in total. The number of nitrogen functional groups attached to an aromatic ring is 1. The second kappa shape index (κ2) is 6.10. The lowest BCUT2D eigenvalue weighted by molar-refractivity contribution is 0.159. The van der Waals surface area contributed by atoms with E-state index in [-0.39, 0.29) is 0 Å². The van der Waals surface area contributed by atoms with Gasteiger partial charge in [0.15, 0.2) is 0 Å². The molecule has 0 radical (unpaired) electrons. The predicted molar refractivity (Wildman–Crippen MR) is 75.8 cm³/mol. The van der Waals surface area contributed by atoms with Crippen LogP contribution in [0.5, 0.6) is 5.75 Å². The first-order chi connectivity index (χ1) is 8.70. The lowest BCUT2D eigenvalue weighted by Gasteiger charge is -2.27. The molecule has 0 aliphatic carbocycles. The van der Waals surface area contributed by atoms with Crippen LogP contribution >= 0.6 is 0 Å². The predicted octanol–water partition coefficient (Wildman–Crippen LogP) is 2.91. The van der Waals surface area contributed by atoms with Crippen molar-refractivity contribution in [1.29, 1.82) is 0 Å². The van der Waals surface area contributed by atoms with Crippen molar-refractivity contribution in [2.75, 3.05) is 18.9 Å². The van der Waals surface area contributed by atoms with Crippen LogP contribution in [0.15, 0.2) is 24.3 Å². The summed E-state index contributed by atoms with van der Waals surface area (Å²) >= 11 is 0. The summed E-state index contributed by atoms with van der Waals surface area (Å²) in [4.78, 5) is 2.58. The van der Waals surface area contributed by atoms with Crippen LogP contribution in [0.25, 0.3) is 0 Å². The highest BCUT2D eigenvalue weighted by Crippen LogP contribution is 2.25. The van der Waals surface area contributed by atoms with Gasteiger partial charge in [-0.3, -0.25) is 4.90 Å². The first kappa shape index (κ1) is 13.2. The Hall–Kier alpha value is -1.22. The average Bonchev–Trinajstić information content (AvgIpc) is 2.71. The molecule has 0 amide bonds. The number of anilines is 1. The molecule has 2 rings (SSSR count). The number of benzene rings is 1. The van der Waals surface area contributed by atoms with Crippen molar-refractivity contribution in [2.45, 2.75) is 45.2 Å². The summed E-state index contributed by atoms with van der Waals surface area (Å²) < 4.78 is 5.77. The molecule has 0 spiro atoms. The van der Waals surface area contributed by atoms with Crippen molar-refractivity contribution in [1.82, 2.24) is 4.90 Å². The van der Waals surface area contributed by atoms with Gasteiger partial charge in [0.2, 0.25) is 0 Å². The maximum Gasteiger partial charge on any atom is 0.121 e. The zero-order chi connectivity index (χ0) is 13.0. The summed E-state index contributed by atoms with van der Waals surface area (Å²) in [6, 6.07) is 9.08. The third-order valence-corrected chi connectivity index (χ3v) is 3.90. The molecule has 1 aliphatic heterocycles. The number of likely N-dealkylation sites (tertiary alicyclic amines) is 1. The molecule has 1 heterocycles. The monoisotopic (exact) mass is 248 g/mol. The summed E-state index contributed by atoms with van der Waals surface area (Å²) in [6.07, 6.45) is 3.88. The third kappa shape index (κ3) is 3.16. The van der Waals surface area contributed by atoms with Gasteiger partial charge in [0.25, 0.3) is 0 Å².